The Morgan fingerprint density at radius 1 is 1.40 bits per heavy atom. The monoisotopic (exact) mass is 278 g/mol. The molecule has 1 rings (SSSR count). The lowest BCUT2D eigenvalue weighted by Gasteiger charge is -2.27. The zero-order chi connectivity index (χ0) is 15.2. The molecular formula is C16H26N2O2. The van der Waals surface area contributed by atoms with Crippen molar-refractivity contribution in [3.8, 4) is 5.75 Å². The summed E-state index contributed by atoms with van der Waals surface area (Å²) in [6, 6.07) is 6.10. The predicted molar refractivity (Wildman–Crippen MR) is 81.9 cm³/mol. The molecule has 20 heavy (non-hydrogen) atoms. The van der Waals surface area contributed by atoms with Crippen molar-refractivity contribution in [1.29, 1.82) is 0 Å². The second-order valence-electron chi connectivity index (χ2n) is 5.49. The maximum absolute atomic E-state index is 11.6. The van der Waals surface area contributed by atoms with Gasteiger partial charge in [-0.1, -0.05) is 19.1 Å². The van der Waals surface area contributed by atoms with Gasteiger partial charge in [0.2, 0.25) is 5.91 Å². The number of hydrogen-bond donors (Lipinski definition) is 2. The summed E-state index contributed by atoms with van der Waals surface area (Å²) in [6.07, 6.45) is 1.51. The fourth-order valence-corrected chi connectivity index (χ4v) is 1.93. The third kappa shape index (κ3) is 4.53. The first-order valence-electron chi connectivity index (χ1n) is 7.14. The maximum Gasteiger partial charge on any atom is 0.237 e. The van der Waals surface area contributed by atoms with Crippen molar-refractivity contribution in [1.82, 2.24) is 5.32 Å². The number of ether oxygens (including phenoxy) is 1. The summed E-state index contributed by atoms with van der Waals surface area (Å²) in [7, 11) is 0. The van der Waals surface area contributed by atoms with Crippen molar-refractivity contribution < 1.29 is 9.53 Å². The van der Waals surface area contributed by atoms with Crippen LogP contribution < -0.4 is 15.8 Å². The highest BCUT2D eigenvalue weighted by Crippen LogP contribution is 2.20. The third-order valence-electron chi connectivity index (χ3n) is 3.51. The van der Waals surface area contributed by atoms with Crippen molar-refractivity contribution in [2.45, 2.75) is 46.1 Å². The Kier molecular flexibility index (Phi) is 6.02. The van der Waals surface area contributed by atoms with Crippen LogP contribution in [0, 0.1) is 13.8 Å². The second-order valence-corrected chi connectivity index (χ2v) is 5.49. The Morgan fingerprint density at radius 3 is 2.70 bits per heavy atom. The van der Waals surface area contributed by atoms with Crippen molar-refractivity contribution in [2.75, 3.05) is 13.2 Å². The van der Waals surface area contributed by atoms with E-state index in [9.17, 15) is 4.79 Å². The third-order valence-corrected chi connectivity index (χ3v) is 3.51. The van der Waals surface area contributed by atoms with E-state index in [0.717, 1.165) is 29.8 Å². The molecule has 1 amide bonds. The Hall–Kier alpha value is -1.55. The minimum Gasteiger partial charge on any atom is -0.493 e. The molecule has 1 aromatic rings. The molecule has 1 unspecified atom stereocenters. The maximum atomic E-state index is 11.6. The van der Waals surface area contributed by atoms with Crippen molar-refractivity contribution in [2.24, 2.45) is 5.73 Å². The topological polar surface area (TPSA) is 64.3 Å². The minimum absolute atomic E-state index is 0.337. The van der Waals surface area contributed by atoms with Crippen LogP contribution in [-0.2, 0) is 4.79 Å². The van der Waals surface area contributed by atoms with E-state index in [4.69, 9.17) is 10.5 Å². The van der Waals surface area contributed by atoms with Gasteiger partial charge in [0.25, 0.3) is 0 Å². The molecule has 0 saturated carbocycles. The lowest BCUT2D eigenvalue weighted by atomic mass is 9.97. The van der Waals surface area contributed by atoms with Gasteiger partial charge in [0.05, 0.1) is 12.1 Å². The number of amides is 1. The number of aryl methyl sites for hydroxylation is 2. The summed E-state index contributed by atoms with van der Waals surface area (Å²) in [4.78, 5) is 11.6. The van der Waals surface area contributed by atoms with Gasteiger partial charge < -0.3 is 15.8 Å². The first-order valence-corrected chi connectivity index (χ1v) is 7.14. The molecule has 0 spiro atoms. The van der Waals surface area contributed by atoms with Crippen molar-refractivity contribution in [3.05, 3.63) is 29.3 Å². The molecule has 0 saturated heterocycles. The zero-order valence-corrected chi connectivity index (χ0v) is 13.0. The van der Waals surface area contributed by atoms with Gasteiger partial charge in [0.15, 0.2) is 0 Å². The van der Waals surface area contributed by atoms with E-state index >= 15 is 0 Å². The van der Waals surface area contributed by atoms with E-state index in [1.165, 1.54) is 0 Å². The normalized spacial score (nSPS) is 13.8. The van der Waals surface area contributed by atoms with Gasteiger partial charge >= 0.3 is 0 Å². The summed E-state index contributed by atoms with van der Waals surface area (Å²) in [5.41, 5.74) is 7.03. The largest absolute Gasteiger partial charge is 0.493 e. The summed E-state index contributed by atoms with van der Waals surface area (Å²) in [6.45, 7) is 9.15. The molecule has 1 aromatic carbocycles. The van der Waals surface area contributed by atoms with E-state index in [1.807, 2.05) is 32.9 Å². The van der Waals surface area contributed by atoms with Gasteiger partial charge in [-0.15, -0.1) is 0 Å². The van der Waals surface area contributed by atoms with Crippen molar-refractivity contribution in [3.63, 3.8) is 0 Å². The SMILES string of the molecule is CCCNC(C)(CCOc1cc(C)ccc1C)C(N)=O. The predicted octanol–water partition coefficient (Wildman–Crippen LogP) is 2.32. The molecule has 4 nitrogen and oxygen atoms in total. The van der Waals surface area contributed by atoms with Gasteiger partial charge in [-0.3, -0.25) is 4.79 Å². The van der Waals surface area contributed by atoms with Gasteiger partial charge in [0.1, 0.15) is 5.75 Å². The molecule has 0 fully saturated rings. The molecule has 0 radical (unpaired) electrons. The highest BCUT2D eigenvalue weighted by atomic mass is 16.5. The standard InChI is InChI=1S/C16H26N2O2/c1-5-9-18-16(4,15(17)19)8-10-20-14-11-12(2)6-7-13(14)3/h6-7,11,18H,5,8-10H2,1-4H3,(H2,17,19). The Balaban J connectivity index is 2.60. The quantitative estimate of drug-likeness (QED) is 0.767. The van der Waals surface area contributed by atoms with E-state index in [0.29, 0.717) is 13.0 Å². The van der Waals surface area contributed by atoms with Crippen LogP contribution >= 0.6 is 0 Å². The highest BCUT2D eigenvalue weighted by Gasteiger charge is 2.29. The summed E-state index contributed by atoms with van der Waals surface area (Å²) in [5.74, 6) is 0.530. The van der Waals surface area contributed by atoms with Crippen LogP contribution in [0.25, 0.3) is 0 Å². The van der Waals surface area contributed by atoms with E-state index in [2.05, 4.69) is 18.3 Å². The fourth-order valence-electron chi connectivity index (χ4n) is 1.93. The number of hydrogen-bond acceptors (Lipinski definition) is 3. The Morgan fingerprint density at radius 2 is 2.10 bits per heavy atom. The first kappa shape index (κ1) is 16.5. The molecule has 0 aliphatic carbocycles. The number of carbonyl (C=O) groups is 1. The number of rotatable bonds is 8. The summed E-state index contributed by atoms with van der Waals surface area (Å²) < 4.78 is 5.80. The summed E-state index contributed by atoms with van der Waals surface area (Å²) in [5, 5.41) is 3.20. The molecular weight excluding hydrogens is 252 g/mol. The lowest BCUT2D eigenvalue weighted by Crippen LogP contribution is -2.54. The average molecular weight is 278 g/mol. The molecule has 0 aliphatic rings. The highest BCUT2D eigenvalue weighted by molar-refractivity contribution is 5.84. The Labute approximate surface area is 121 Å². The number of nitrogens with one attached hydrogen (secondary N) is 1. The van der Waals surface area contributed by atoms with Gasteiger partial charge in [-0.05, 0) is 50.9 Å². The number of primary amides is 1. The first-order chi connectivity index (χ1) is 9.39. The zero-order valence-electron chi connectivity index (χ0n) is 13.0. The average Bonchev–Trinajstić information content (AvgIpc) is 2.40. The molecule has 0 aliphatic heterocycles. The van der Waals surface area contributed by atoms with Crippen LogP contribution in [0.4, 0.5) is 0 Å². The van der Waals surface area contributed by atoms with Crippen LogP contribution in [0.5, 0.6) is 5.75 Å². The molecule has 3 N–H and O–H groups in total. The number of benzene rings is 1. The van der Waals surface area contributed by atoms with Crippen LogP contribution in [0.3, 0.4) is 0 Å². The van der Waals surface area contributed by atoms with E-state index < -0.39 is 5.54 Å². The van der Waals surface area contributed by atoms with E-state index in [-0.39, 0.29) is 5.91 Å². The smallest absolute Gasteiger partial charge is 0.237 e. The van der Waals surface area contributed by atoms with Crippen LogP contribution in [0.15, 0.2) is 18.2 Å². The van der Waals surface area contributed by atoms with Crippen LogP contribution in [-0.4, -0.2) is 24.6 Å². The molecule has 0 heterocycles. The number of carbonyl (C=O) groups excluding carboxylic acids is 1. The summed E-state index contributed by atoms with van der Waals surface area (Å²) >= 11 is 0. The second kappa shape index (κ2) is 7.29. The molecule has 112 valence electrons. The number of nitrogens with two attached hydrogens (primary N) is 1. The van der Waals surface area contributed by atoms with Gasteiger partial charge in [-0.2, -0.15) is 0 Å². The molecule has 4 heteroatoms. The van der Waals surface area contributed by atoms with Crippen LogP contribution in [0.1, 0.15) is 37.8 Å². The Bertz CT molecular complexity index is 460. The van der Waals surface area contributed by atoms with Crippen molar-refractivity contribution >= 4 is 5.91 Å². The van der Waals surface area contributed by atoms with Crippen LogP contribution in [0.2, 0.25) is 0 Å². The van der Waals surface area contributed by atoms with E-state index in [1.54, 1.807) is 0 Å². The molecule has 0 aromatic heterocycles. The van der Waals surface area contributed by atoms with Gasteiger partial charge in [0, 0.05) is 6.42 Å². The lowest BCUT2D eigenvalue weighted by molar-refractivity contribution is -0.124. The minimum atomic E-state index is -0.715. The molecule has 1 atom stereocenters. The molecule has 0 bridgehead atoms. The fraction of sp³-hybridized carbons (Fsp3) is 0.562. The van der Waals surface area contributed by atoms with Gasteiger partial charge in [-0.25, -0.2) is 0 Å².